The minimum absolute atomic E-state index is 0.0676. The molecule has 0 aliphatic heterocycles. The van der Waals surface area contributed by atoms with Gasteiger partial charge in [0.2, 0.25) is 5.91 Å². The zero-order valence-electron chi connectivity index (χ0n) is 12.3. The van der Waals surface area contributed by atoms with E-state index in [1.54, 1.807) is 18.4 Å². The first-order chi connectivity index (χ1) is 8.99. The number of hydrogen-bond acceptors (Lipinski definition) is 4. The molecule has 1 aromatic heterocycles. The monoisotopic (exact) mass is 283 g/mol. The molecule has 0 saturated carbocycles. The van der Waals surface area contributed by atoms with Crippen LogP contribution in [0.4, 0.5) is 0 Å². The third-order valence-electron chi connectivity index (χ3n) is 3.37. The van der Waals surface area contributed by atoms with Gasteiger partial charge in [-0.1, -0.05) is 6.92 Å². The number of aryl methyl sites for hydroxylation is 1. The van der Waals surface area contributed by atoms with Crippen LogP contribution in [0.1, 0.15) is 35.6 Å². The predicted octanol–water partition coefficient (Wildman–Crippen LogP) is 1.90. The highest BCUT2D eigenvalue weighted by atomic mass is 32.1. The summed E-state index contributed by atoms with van der Waals surface area (Å²) < 4.78 is 0. The van der Waals surface area contributed by atoms with Gasteiger partial charge in [-0.15, -0.1) is 11.3 Å². The Morgan fingerprint density at radius 3 is 2.68 bits per heavy atom. The highest BCUT2D eigenvalue weighted by molar-refractivity contribution is 7.12. The summed E-state index contributed by atoms with van der Waals surface area (Å²) in [5.41, 5.74) is 6.26. The van der Waals surface area contributed by atoms with Gasteiger partial charge in [-0.2, -0.15) is 0 Å². The molecule has 1 rings (SSSR count). The molecule has 2 unspecified atom stereocenters. The second kappa shape index (κ2) is 7.62. The topological polar surface area (TPSA) is 58.4 Å². The summed E-state index contributed by atoms with van der Waals surface area (Å²) in [6.45, 7) is 4.92. The number of likely N-dealkylation sites (N-methyl/N-ethyl adjacent to an activating group) is 1. The summed E-state index contributed by atoms with van der Waals surface area (Å²) in [4.78, 5) is 16.1. The first kappa shape index (κ1) is 16.1. The van der Waals surface area contributed by atoms with E-state index >= 15 is 0 Å². The van der Waals surface area contributed by atoms with E-state index in [2.05, 4.69) is 36.2 Å². The molecule has 1 aromatic rings. The first-order valence-electron chi connectivity index (χ1n) is 6.72. The fourth-order valence-electron chi connectivity index (χ4n) is 2.13. The fourth-order valence-corrected chi connectivity index (χ4v) is 3.25. The molecule has 4 nitrogen and oxygen atoms in total. The molecule has 0 spiro atoms. The smallest absolute Gasteiger partial charge is 0.221 e. The summed E-state index contributed by atoms with van der Waals surface area (Å²) in [5, 5.41) is 2.65. The Hall–Kier alpha value is -0.910. The number of thiophene rings is 1. The van der Waals surface area contributed by atoms with Crippen molar-refractivity contribution >= 4 is 17.2 Å². The SMILES string of the molecule is CCC(N)C(c1ccc(C)s1)N(C)CCC(=O)NC. The molecule has 19 heavy (non-hydrogen) atoms. The van der Waals surface area contributed by atoms with E-state index in [0.717, 1.165) is 13.0 Å². The van der Waals surface area contributed by atoms with Crippen LogP contribution < -0.4 is 11.1 Å². The van der Waals surface area contributed by atoms with Crippen molar-refractivity contribution in [1.82, 2.24) is 10.2 Å². The maximum Gasteiger partial charge on any atom is 0.221 e. The number of carbonyl (C=O) groups excluding carboxylic acids is 1. The number of nitrogens with two attached hydrogens (primary N) is 1. The van der Waals surface area contributed by atoms with Crippen molar-refractivity contribution in [3.63, 3.8) is 0 Å². The summed E-state index contributed by atoms with van der Waals surface area (Å²) in [6.07, 6.45) is 1.43. The van der Waals surface area contributed by atoms with Gasteiger partial charge in [0.1, 0.15) is 0 Å². The van der Waals surface area contributed by atoms with Crippen LogP contribution in [-0.2, 0) is 4.79 Å². The molecule has 0 saturated heterocycles. The third-order valence-corrected chi connectivity index (χ3v) is 4.45. The molecule has 2 atom stereocenters. The van der Waals surface area contributed by atoms with Crippen LogP contribution in [0.15, 0.2) is 12.1 Å². The number of hydrogen-bond donors (Lipinski definition) is 2. The molecule has 5 heteroatoms. The van der Waals surface area contributed by atoms with Crippen LogP contribution in [0.5, 0.6) is 0 Å². The van der Waals surface area contributed by atoms with Crippen molar-refractivity contribution in [3.8, 4) is 0 Å². The number of amides is 1. The van der Waals surface area contributed by atoms with Crippen LogP contribution in [-0.4, -0.2) is 37.5 Å². The van der Waals surface area contributed by atoms with Crippen LogP contribution in [0, 0.1) is 6.92 Å². The zero-order chi connectivity index (χ0) is 14.4. The molecule has 0 aliphatic rings. The van der Waals surface area contributed by atoms with E-state index in [9.17, 15) is 4.79 Å². The van der Waals surface area contributed by atoms with Crippen LogP contribution in [0.25, 0.3) is 0 Å². The average molecular weight is 283 g/mol. The van der Waals surface area contributed by atoms with Gasteiger partial charge in [-0.25, -0.2) is 0 Å². The quantitative estimate of drug-likeness (QED) is 0.803. The van der Waals surface area contributed by atoms with Crippen molar-refractivity contribution in [1.29, 1.82) is 0 Å². The van der Waals surface area contributed by atoms with Gasteiger partial charge in [0.15, 0.2) is 0 Å². The van der Waals surface area contributed by atoms with E-state index in [4.69, 9.17) is 5.73 Å². The van der Waals surface area contributed by atoms with Crippen molar-refractivity contribution in [2.24, 2.45) is 5.73 Å². The Kier molecular flexibility index (Phi) is 6.48. The van der Waals surface area contributed by atoms with E-state index in [1.807, 2.05) is 7.05 Å². The molecule has 108 valence electrons. The van der Waals surface area contributed by atoms with Crippen LogP contribution in [0.3, 0.4) is 0 Å². The van der Waals surface area contributed by atoms with Crippen LogP contribution >= 0.6 is 11.3 Å². The normalized spacial score (nSPS) is 14.4. The highest BCUT2D eigenvalue weighted by Gasteiger charge is 2.24. The van der Waals surface area contributed by atoms with E-state index < -0.39 is 0 Å². The van der Waals surface area contributed by atoms with Crippen molar-refractivity contribution in [3.05, 3.63) is 21.9 Å². The molecular weight excluding hydrogens is 258 g/mol. The second-order valence-electron chi connectivity index (χ2n) is 4.87. The Bertz CT molecular complexity index is 405. The van der Waals surface area contributed by atoms with Crippen LogP contribution in [0.2, 0.25) is 0 Å². The Morgan fingerprint density at radius 1 is 1.53 bits per heavy atom. The third kappa shape index (κ3) is 4.60. The number of nitrogens with one attached hydrogen (secondary N) is 1. The molecule has 1 heterocycles. The lowest BCUT2D eigenvalue weighted by atomic mass is 10.0. The lowest BCUT2D eigenvalue weighted by molar-refractivity contribution is -0.121. The van der Waals surface area contributed by atoms with Gasteiger partial charge < -0.3 is 11.1 Å². The largest absolute Gasteiger partial charge is 0.359 e. The predicted molar refractivity (Wildman–Crippen MR) is 81.4 cm³/mol. The van der Waals surface area contributed by atoms with E-state index in [0.29, 0.717) is 6.42 Å². The van der Waals surface area contributed by atoms with Gasteiger partial charge in [0.25, 0.3) is 0 Å². The molecule has 0 radical (unpaired) electrons. The Morgan fingerprint density at radius 2 is 2.21 bits per heavy atom. The summed E-state index contributed by atoms with van der Waals surface area (Å²) in [6, 6.07) is 4.56. The van der Waals surface area contributed by atoms with Gasteiger partial charge >= 0.3 is 0 Å². The minimum atomic E-state index is 0.0676. The van der Waals surface area contributed by atoms with Gasteiger partial charge in [-0.05, 0) is 32.5 Å². The van der Waals surface area contributed by atoms with E-state index in [1.165, 1.54) is 9.75 Å². The van der Waals surface area contributed by atoms with Crippen molar-refractivity contribution in [2.45, 2.75) is 38.8 Å². The Balaban J connectivity index is 2.76. The summed E-state index contributed by atoms with van der Waals surface area (Å²) in [5.74, 6) is 0.0676. The summed E-state index contributed by atoms with van der Waals surface area (Å²) in [7, 11) is 3.71. The average Bonchev–Trinajstić information content (AvgIpc) is 2.82. The molecular formula is C14H25N3OS. The standard InChI is InChI=1S/C14H25N3OS/c1-5-11(15)14(12-7-6-10(2)19-12)17(4)9-8-13(18)16-3/h6-7,11,14H,5,8-9,15H2,1-4H3,(H,16,18). The number of rotatable bonds is 7. The molecule has 3 N–H and O–H groups in total. The van der Waals surface area contributed by atoms with E-state index in [-0.39, 0.29) is 18.0 Å². The minimum Gasteiger partial charge on any atom is -0.359 e. The Labute approximate surface area is 120 Å². The molecule has 0 aliphatic carbocycles. The maximum atomic E-state index is 11.4. The molecule has 0 bridgehead atoms. The molecule has 0 fully saturated rings. The highest BCUT2D eigenvalue weighted by Crippen LogP contribution is 2.29. The number of carbonyl (C=O) groups is 1. The first-order valence-corrected chi connectivity index (χ1v) is 7.54. The van der Waals surface area contributed by atoms with Crippen molar-refractivity contribution < 1.29 is 4.79 Å². The zero-order valence-corrected chi connectivity index (χ0v) is 13.1. The molecule has 1 amide bonds. The van der Waals surface area contributed by atoms with Gasteiger partial charge in [0.05, 0.1) is 6.04 Å². The lowest BCUT2D eigenvalue weighted by Crippen LogP contribution is -2.39. The lowest BCUT2D eigenvalue weighted by Gasteiger charge is -2.31. The summed E-state index contributed by atoms with van der Waals surface area (Å²) >= 11 is 1.79. The van der Waals surface area contributed by atoms with Crippen molar-refractivity contribution in [2.75, 3.05) is 20.6 Å². The maximum absolute atomic E-state index is 11.4. The fraction of sp³-hybridized carbons (Fsp3) is 0.643. The number of nitrogens with zero attached hydrogens (tertiary/aromatic N) is 1. The van der Waals surface area contributed by atoms with Gasteiger partial charge in [0, 0.05) is 35.8 Å². The second-order valence-corrected chi connectivity index (χ2v) is 6.19. The van der Waals surface area contributed by atoms with Gasteiger partial charge in [-0.3, -0.25) is 9.69 Å². The molecule has 0 aromatic carbocycles.